The summed E-state index contributed by atoms with van der Waals surface area (Å²) in [5.74, 6) is 0.968. The molecule has 1 rings (SSSR count). The highest BCUT2D eigenvalue weighted by Crippen LogP contribution is 2.38. The molecule has 0 fully saturated rings. The number of benzene rings is 1. The van der Waals surface area contributed by atoms with Gasteiger partial charge in [0.25, 0.3) is 0 Å². The molecule has 0 radical (unpaired) electrons. The van der Waals surface area contributed by atoms with Gasteiger partial charge in [-0.3, -0.25) is 0 Å². The second-order valence-electron chi connectivity index (χ2n) is 4.37. The van der Waals surface area contributed by atoms with E-state index in [-0.39, 0.29) is 6.61 Å². The Labute approximate surface area is 125 Å². The minimum Gasteiger partial charge on any atom is -0.493 e. The van der Waals surface area contributed by atoms with Crippen molar-refractivity contribution in [3.8, 4) is 17.2 Å². The van der Waals surface area contributed by atoms with E-state index in [1.54, 1.807) is 14.2 Å². The Hall–Kier alpha value is -1.95. The Balaban J connectivity index is 2.92. The number of esters is 1. The fraction of sp³-hybridized carbons (Fsp3) is 0.533. The molecule has 0 aliphatic heterocycles. The van der Waals surface area contributed by atoms with E-state index in [1.807, 2.05) is 12.1 Å². The van der Waals surface area contributed by atoms with Crippen LogP contribution in [0.5, 0.6) is 17.2 Å². The molecule has 0 bridgehead atoms. The third-order valence-corrected chi connectivity index (χ3v) is 2.84. The molecule has 0 heterocycles. The first-order valence-corrected chi connectivity index (χ1v) is 6.81. The average Bonchev–Trinajstić information content (AvgIpc) is 2.52. The van der Waals surface area contributed by atoms with E-state index in [0.29, 0.717) is 23.8 Å². The molecule has 0 unspecified atom stereocenters. The third kappa shape index (κ3) is 5.15. The summed E-state index contributed by atoms with van der Waals surface area (Å²) in [7, 11) is 4.40. The monoisotopic (exact) mass is 297 g/mol. The van der Waals surface area contributed by atoms with E-state index < -0.39 is 5.97 Å². The van der Waals surface area contributed by atoms with Gasteiger partial charge in [-0.25, -0.2) is 4.79 Å². The Bertz CT molecular complexity index is 436. The molecule has 0 saturated carbocycles. The molecule has 1 N–H and O–H groups in total. The van der Waals surface area contributed by atoms with Crippen LogP contribution < -0.4 is 19.5 Å². The molecule has 1 aromatic carbocycles. The molecule has 0 spiro atoms. The summed E-state index contributed by atoms with van der Waals surface area (Å²) in [6.07, 6.45) is 1.06. The van der Waals surface area contributed by atoms with Gasteiger partial charge >= 0.3 is 5.97 Å². The molecule has 1 aromatic rings. The number of carbonyl (C=O) groups excluding carboxylic acids is 1. The highest BCUT2D eigenvalue weighted by molar-refractivity contribution is 5.71. The number of hydrogen-bond donors (Lipinski definition) is 1. The molecule has 21 heavy (non-hydrogen) atoms. The lowest BCUT2D eigenvalue weighted by molar-refractivity contribution is -0.142. The van der Waals surface area contributed by atoms with Crippen molar-refractivity contribution >= 4 is 5.97 Å². The van der Waals surface area contributed by atoms with Crippen molar-refractivity contribution in [3.05, 3.63) is 17.7 Å². The van der Waals surface area contributed by atoms with Gasteiger partial charge in [0.05, 0.1) is 21.3 Å². The van der Waals surface area contributed by atoms with Crippen LogP contribution in [-0.4, -0.2) is 40.5 Å². The zero-order valence-electron chi connectivity index (χ0n) is 13.0. The van der Waals surface area contributed by atoms with Crippen LogP contribution in [0.4, 0.5) is 0 Å². The van der Waals surface area contributed by atoms with Crippen LogP contribution in [0, 0.1) is 0 Å². The van der Waals surface area contributed by atoms with Gasteiger partial charge in [0, 0.05) is 6.54 Å². The quantitative estimate of drug-likeness (QED) is 0.553. The fourth-order valence-electron chi connectivity index (χ4n) is 1.78. The minimum atomic E-state index is -0.465. The lowest BCUT2D eigenvalue weighted by atomic mass is 10.1. The number of hydrogen-bond acceptors (Lipinski definition) is 6. The molecular formula is C15H23NO5. The Morgan fingerprint density at radius 2 is 1.76 bits per heavy atom. The molecule has 118 valence electrons. The van der Waals surface area contributed by atoms with Crippen LogP contribution >= 0.6 is 0 Å². The number of carbonyl (C=O) groups is 1. The van der Waals surface area contributed by atoms with Crippen LogP contribution in [0.15, 0.2) is 12.1 Å². The summed E-state index contributed by atoms with van der Waals surface area (Å²) < 4.78 is 20.6. The smallest absolute Gasteiger partial charge is 0.343 e. The zero-order chi connectivity index (χ0) is 15.7. The molecule has 0 amide bonds. The molecule has 0 saturated heterocycles. The topological polar surface area (TPSA) is 66.0 Å². The van der Waals surface area contributed by atoms with Gasteiger partial charge < -0.3 is 24.3 Å². The molecule has 6 heteroatoms. The van der Waals surface area contributed by atoms with Gasteiger partial charge in [0.2, 0.25) is 5.75 Å². The van der Waals surface area contributed by atoms with Crippen LogP contribution in [0.1, 0.15) is 18.9 Å². The molecule has 0 aromatic heterocycles. The Morgan fingerprint density at radius 1 is 1.14 bits per heavy atom. The predicted octanol–water partition coefficient (Wildman–Crippen LogP) is 1.76. The standard InChI is InChI=1S/C15H23NO5/c1-5-6-16-9-11-7-12(18-2)15(13(8-11)19-3)21-10-14(17)20-4/h7-8,16H,5-6,9-10H2,1-4H3. The summed E-state index contributed by atoms with van der Waals surface area (Å²) in [5, 5.41) is 3.31. The van der Waals surface area contributed by atoms with Crippen LogP contribution in [0.2, 0.25) is 0 Å². The van der Waals surface area contributed by atoms with E-state index in [0.717, 1.165) is 18.5 Å². The molecule has 0 aliphatic rings. The van der Waals surface area contributed by atoms with Gasteiger partial charge in [-0.05, 0) is 30.7 Å². The van der Waals surface area contributed by atoms with Crippen LogP contribution in [0.3, 0.4) is 0 Å². The number of ether oxygens (including phenoxy) is 4. The van der Waals surface area contributed by atoms with Crippen LogP contribution in [-0.2, 0) is 16.1 Å². The second kappa shape index (κ2) is 9.07. The van der Waals surface area contributed by atoms with E-state index in [4.69, 9.17) is 14.2 Å². The first-order valence-electron chi connectivity index (χ1n) is 6.81. The normalized spacial score (nSPS) is 10.1. The van der Waals surface area contributed by atoms with E-state index in [9.17, 15) is 4.79 Å². The zero-order valence-corrected chi connectivity index (χ0v) is 13.0. The molecule has 6 nitrogen and oxygen atoms in total. The summed E-state index contributed by atoms with van der Waals surface area (Å²) in [6.45, 7) is 3.55. The Kier molecular flexibility index (Phi) is 7.39. The molecule has 0 atom stereocenters. The van der Waals surface area contributed by atoms with E-state index >= 15 is 0 Å². The van der Waals surface area contributed by atoms with Crippen molar-refractivity contribution in [2.75, 3.05) is 34.5 Å². The minimum absolute atomic E-state index is 0.198. The maximum Gasteiger partial charge on any atom is 0.343 e. The van der Waals surface area contributed by atoms with Gasteiger partial charge in [0.15, 0.2) is 18.1 Å². The van der Waals surface area contributed by atoms with Crippen molar-refractivity contribution in [1.29, 1.82) is 0 Å². The second-order valence-corrected chi connectivity index (χ2v) is 4.37. The average molecular weight is 297 g/mol. The highest BCUT2D eigenvalue weighted by atomic mass is 16.6. The summed E-state index contributed by atoms with van der Waals surface area (Å²) >= 11 is 0. The van der Waals surface area contributed by atoms with Crippen LogP contribution in [0.25, 0.3) is 0 Å². The van der Waals surface area contributed by atoms with Gasteiger partial charge in [-0.1, -0.05) is 6.92 Å². The Morgan fingerprint density at radius 3 is 2.24 bits per heavy atom. The predicted molar refractivity (Wildman–Crippen MR) is 79.1 cm³/mol. The maximum atomic E-state index is 11.2. The largest absolute Gasteiger partial charge is 0.493 e. The molecular weight excluding hydrogens is 274 g/mol. The number of rotatable bonds is 9. The lowest BCUT2D eigenvalue weighted by Gasteiger charge is -2.15. The first kappa shape index (κ1) is 17.1. The van der Waals surface area contributed by atoms with Gasteiger partial charge in [-0.15, -0.1) is 0 Å². The van der Waals surface area contributed by atoms with Crippen molar-refractivity contribution in [3.63, 3.8) is 0 Å². The van der Waals surface area contributed by atoms with Gasteiger partial charge in [-0.2, -0.15) is 0 Å². The van der Waals surface area contributed by atoms with Crippen molar-refractivity contribution in [1.82, 2.24) is 5.32 Å². The third-order valence-electron chi connectivity index (χ3n) is 2.84. The lowest BCUT2D eigenvalue weighted by Crippen LogP contribution is -2.15. The number of methoxy groups -OCH3 is 3. The van der Waals surface area contributed by atoms with Gasteiger partial charge in [0.1, 0.15) is 0 Å². The first-order chi connectivity index (χ1) is 10.2. The fourth-order valence-corrected chi connectivity index (χ4v) is 1.78. The van der Waals surface area contributed by atoms with E-state index in [2.05, 4.69) is 17.0 Å². The number of nitrogens with one attached hydrogen (secondary N) is 1. The maximum absolute atomic E-state index is 11.2. The van der Waals surface area contributed by atoms with E-state index in [1.165, 1.54) is 7.11 Å². The molecule has 0 aliphatic carbocycles. The summed E-state index contributed by atoms with van der Waals surface area (Å²) in [5.41, 5.74) is 1.02. The summed E-state index contributed by atoms with van der Waals surface area (Å²) in [4.78, 5) is 11.2. The van der Waals surface area contributed by atoms with Crippen molar-refractivity contribution in [2.24, 2.45) is 0 Å². The highest BCUT2D eigenvalue weighted by Gasteiger charge is 2.15. The van der Waals surface area contributed by atoms with Crippen molar-refractivity contribution < 1.29 is 23.7 Å². The van der Waals surface area contributed by atoms with Crippen molar-refractivity contribution in [2.45, 2.75) is 19.9 Å². The SMILES string of the molecule is CCCNCc1cc(OC)c(OCC(=O)OC)c(OC)c1. The summed E-state index contributed by atoms with van der Waals surface area (Å²) in [6, 6.07) is 3.72.